The second-order valence-corrected chi connectivity index (χ2v) is 9.30. The topological polar surface area (TPSA) is 65.8 Å². The van der Waals surface area contributed by atoms with Gasteiger partial charge in [-0.3, -0.25) is 19.3 Å². The van der Waals surface area contributed by atoms with Gasteiger partial charge in [-0.1, -0.05) is 74.9 Å². The van der Waals surface area contributed by atoms with E-state index < -0.39 is 11.2 Å². The number of aryl methyl sites for hydroxylation is 2. The summed E-state index contributed by atoms with van der Waals surface area (Å²) in [5, 5.41) is 12.9. The molecule has 0 fully saturated rings. The molecule has 2 aliphatic rings. The fourth-order valence-electron chi connectivity index (χ4n) is 5.44. The van der Waals surface area contributed by atoms with Gasteiger partial charge in [-0.25, -0.2) is 0 Å². The van der Waals surface area contributed by atoms with E-state index in [4.69, 9.17) is 0 Å². The normalized spacial score (nSPS) is 16.8. The Kier molecular flexibility index (Phi) is 6.20. The number of carbonyl (C=O) groups is 1. The highest BCUT2D eigenvalue weighted by Crippen LogP contribution is 2.40. The zero-order valence-corrected chi connectivity index (χ0v) is 20.1. The third-order valence-corrected chi connectivity index (χ3v) is 7.20. The predicted octanol–water partition coefficient (Wildman–Crippen LogP) is 4.63. The van der Waals surface area contributed by atoms with Gasteiger partial charge in [0.15, 0.2) is 11.4 Å². The minimum atomic E-state index is -0.548. The summed E-state index contributed by atoms with van der Waals surface area (Å²) < 4.78 is 1.69. The van der Waals surface area contributed by atoms with Crippen LogP contribution in [-0.2, 0) is 12.8 Å². The van der Waals surface area contributed by atoms with Gasteiger partial charge in [0.1, 0.15) is 6.67 Å². The minimum absolute atomic E-state index is 0.0274. The molecule has 1 aliphatic carbocycles. The van der Waals surface area contributed by atoms with E-state index in [1.807, 2.05) is 12.1 Å². The summed E-state index contributed by atoms with van der Waals surface area (Å²) in [7, 11) is 0. The molecular formula is C29H31N3O3. The lowest BCUT2D eigenvalue weighted by molar-refractivity contribution is 0.0676. The number of carbonyl (C=O) groups excluding carboxylic acids is 1. The largest absolute Gasteiger partial charge is 0.502 e. The highest BCUT2D eigenvalue weighted by molar-refractivity contribution is 5.96. The summed E-state index contributed by atoms with van der Waals surface area (Å²) in [5.74, 6) is -0.812. The Balaban J connectivity index is 1.75. The molecule has 0 bridgehead atoms. The van der Waals surface area contributed by atoms with Crippen molar-refractivity contribution < 1.29 is 9.90 Å². The number of hydrogen-bond donors (Lipinski definition) is 1. The summed E-state index contributed by atoms with van der Waals surface area (Å²) in [4.78, 5) is 27.6. The first-order valence-electron chi connectivity index (χ1n) is 12.4. The van der Waals surface area contributed by atoms with Gasteiger partial charge in [-0.05, 0) is 47.1 Å². The molecule has 1 amide bonds. The summed E-state index contributed by atoms with van der Waals surface area (Å²) in [6, 6.07) is 15.8. The molecule has 1 aliphatic heterocycles. The smallest absolute Gasteiger partial charge is 0.277 e. The van der Waals surface area contributed by atoms with Crippen molar-refractivity contribution in [3.8, 4) is 5.75 Å². The molecule has 180 valence electrons. The van der Waals surface area contributed by atoms with Crippen molar-refractivity contribution in [3.05, 3.63) is 105 Å². The van der Waals surface area contributed by atoms with Crippen LogP contribution in [0.2, 0.25) is 0 Å². The maximum absolute atomic E-state index is 13.5. The summed E-state index contributed by atoms with van der Waals surface area (Å²) in [6.45, 7) is 7.12. The molecule has 1 aromatic heterocycles. The van der Waals surface area contributed by atoms with Crippen LogP contribution in [0, 0.1) is 0 Å². The fraction of sp³-hybridized carbons (Fsp3) is 0.310. The lowest BCUT2D eigenvalue weighted by Crippen LogP contribution is -2.55. The van der Waals surface area contributed by atoms with E-state index in [0.717, 1.165) is 48.8 Å². The van der Waals surface area contributed by atoms with Crippen molar-refractivity contribution in [2.75, 3.05) is 18.2 Å². The number of nitrogens with zero attached hydrogens (tertiary/aromatic N) is 3. The van der Waals surface area contributed by atoms with Crippen molar-refractivity contribution in [1.29, 1.82) is 0 Å². The fourth-order valence-corrected chi connectivity index (χ4v) is 5.44. The molecule has 1 N–H and O–H groups in total. The maximum atomic E-state index is 13.5. The lowest BCUT2D eigenvalue weighted by Gasteiger charge is -2.44. The first-order chi connectivity index (χ1) is 17.0. The maximum Gasteiger partial charge on any atom is 0.277 e. The van der Waals surface area contributed by atoms with E-state index in [0.29, 0.717) is 13.2 Å². The van der Waals surface area contributed by atoms with Crippen LogP contribution < -0.4 is 10.4 Å². The van der Waals surface area contributed by atoms with Gasteiger partial charge in [-0.2, -0.15) is 0 Å². The molecule has 0 spiro atoms. The van der Waals surface area contributed by atoms with Gasteiger partial charge in [0.2, 0.25) is 5.43 Å². The molecule has 6 nitrogen and oxygen atoms in total. The van der Waals surface area contributed by atoms with Crippen molar-refractivity contribution in [3.63, 3.8) is 0 Å². The number of unbranched alkanes of at least 4 members (excludes halogenated alkanes) is 2. The zero-order valence-electron chi connectivity index (χ0n) is 20.1. The summed E-state index contributed by atoms with van der Waals surface area (Å²) in [5.41, 5.74) is 5.33. The highest BCUT2D eigenvalue weighted by atomic mass is 16.3. The standard InChI is InChI=1S/C29H31N3O3/c1-3-5-8-17-30-19-32(31-18-16-24(33)28(34)27(31)29(30)35)26-23-13-7-6-10-21(23)14-15-22-12-9-11-20(4-2)25(22)26/h4,6-7,9-13,16,18,26,34H,2-3,5,8,14-15,17,19H2,1H3/t26-/m0/s1. The Labute approximate surface area is 205 Å². The molecule has 2 heterocycles. The molecule has 0 radical (unpaired) electrons. The van der Waals surface area contributed by atoms with Gasteiger partial charge in [0.05, 0.1) is 6.04 Å². The lowest BCUT2D eigenvalue weighted by atomic mass is 9.90. The number of fused-ring (bicyclic) bond motifs is 3. The molecule has 0 unspecified atom stereocenters. The van der Waals surface area contributed by atoms with Gasteiger partial charge >= 0.3 is 0 Å². The monoisotopic (exact) mass is 469 g/mol. The average molecular weight is 470 g/mol. The van der Waals surface area contributed by atoms with E-state index >= 15 is 0 Å². The average Bonchev–Trinajstić information content (AvgIpc) is 3.04. The zero-order chi connectivity index (χ0) is 24.5. The molecule has 6 heteroatoms. The van der Waals surface area contributed by atoms with Crippen LogP contribution in [0.3, 0.4) is 0 Å². The van der Waals surface area contributed by atoms with Gasteiger partial charge in [0.25, 0.3) is 5.91 Å². The van der Waals surface area contributed by atoms with Crippen molar-refractivity contribution in [2.24, 2.45) is 0 Å². The van der Waals surface area contributed by atoms with Crippen LogP contribution in [0.5, 0.6) is 5.75 Å². The number of amides is 1. The first-order valence-corrected chi connectivity index (χ1v) is 12.4. The SMILES string of the molecule is C=Cc1cccc2c1[C@@H](N1CN(CCCCC)C(=O)c3c(O)c(=O)ccn31)c1ccccc1CC2. The molecule has 5 rings (SSSR count). The molecule has 1 atom stereocenters. The molecule has 0 saturated heterocycles. The third-order valence-electron chi connectivity index (χ3n) is 7.20. The van der Waals surface area contributed by atoms with Crippen LogP contribution in [0.25, 0.3) is 6.08 Å². The minimum Gasteiger partial charge on any atom is -0.502 e. The predicted molar refractivity (Wildman–Crippen MR) is 138 cm³/mol. The molecule has 0 saturated carbocycles. The van der Waals surface area contributed by atoms with Crippen LogP contribution in [0.4, 0.5) is 0 Å². The first kappa shape index (κ1) is 23.0. The molecule has 2 aromatic carbocycles. The second-order valence-electron chi connectivity index (χ2n) is 9.30. The number of rotatable bonds is 6. The Morgan fingerprint density at radius 1 is 1.03 bits per heavy atom. The van der Waals surface area contributed by atoms with E-state index in [9.17, 15) is 14.7 Å². The quantitative estimate of drug-likeness (QED) is 0.535. The van der Waals surface area contributed by atoms with Crippen molar-refractivity contribution in [2.45, 2.75) is 45.1 Å². The Morgan fingerprint density at radius 3 is 2.60 bits per heavy atom. The molecular weight excluding hydrogens is 438 g/mol. The molecule has 35 heavy (non-hydrogen) atoms. The Hall–Kier alpha value is -3.80. The molecule has 3 aromatic rings. The second kappa shape index (κ2) is 9.45. The number of aromatic nitrogens is 1. The van der Waals surface area contributed by atoms with Gasteiger partial charge in [0, 0.05) is 18.8 Å². The Bertz CT molecular complexity index is 1340. The summed E-state index contributed by atoms with van der Waals surface area (Å²) in [6.07, 6.45) is 8.23. The van der Waals surface area contributed by atoms with Crippen molar-refractivity contribution >= 4 is 12.0 Å². The van der Waals surface area contributed by atoms with E-state index in [1.54, 1.807) is 15.8 Å². The van der Waals surface area contributed by atoms with Crippen LogP contribution >= 0.6 is 0 Å². The van der Waals surface area contributed by atoms with Gasteiger partial charge < -0.3 is 10.0 Å². The van der Waals surface area contributed by atoms with Crippen LogP contribution in [-0.4, -0.2) is 33.8 Å². The van der Waals surface area contributed by atoms with E-state index in [-0.39, 0.29) is 17.6 Å². The Morgan fingerprint density at radius 2 is 1.80 bits per heavy atom. The van der Waals surface area contributed by atoms with E-state index in [2.05, 4.69) is 54.9 Å². The summed E-state index contributed by atoms with van der Waals surface area (Å²) >= 11 is 0. The van der Waals surface area contributed by atoms with Crippen LogP contribution in [0.1, 0.15) is 70.5 Å². The number of aromatic hydroxyl groups is 1. The van der Waals surface area contributed by atoms with Crippen molar-refractivity contribution in [1.82, 2.24) is 9.58 Å². The number of benzene rings is 2. The number of pyridine rings is 1. The van der Waals surface area contributed by atoms with E-state index in [1.165, 1.54) is 17.2 Å². The third kappa shape index (κ3) is 3.93. The number of hydrogen-bond acceptors (Lipinski definition) is 4. The van der Waals surface area contributed by atoms with Gasteiger partial charge in [-0.15, -0.1) is 0 Å². The highest BCUT2D eigenvalue weighted by Gasteiger charge is 2.38. The van der Waals surface area contributed by atoms with Crippen LogP contribution in [0.15, 0.2) is 66.1 Å².